The maximum absolute atomic E-state index is 10.0. The van der Waals surface area contributed by atoms with Crippen LogP contribution in [0, 0.1) is 15.0 Å². The Kier molecular flexibility index (Phi) is 3.45. The number of nitrogens with zero attached hydrogens (tertiary/aromatic N) is 4. The molecule has 9 nitrogen and oxygen atoms in total. The van der Waals surface area contributed by atoms with Gasteiger partial charge in [-0.2, -0.15) is 5.43 Å². The van der Waals surface area contributed by atoms with Crippen molar-refractivity contribution in [2.75, 3.05) is 7.05 Å². The lowest BCUT2D eigenvalue weighted by Gasteiger charge is -2.07. The molecule has 9 heteroatoms. The average molecular weight is 162 g/mol. The molecule has 0 aliphatic carbocycles. The molecule has 0 aromatic carbocycles. The predicted octanol–water partition coefficient (Wildman–Crippen LogP) is -1.39. The van der Waals surface area contributed by atoms with Gasteiger partial charge in [0.1, 0.15) is 0 Å². The zero-order chi connectivity index (χ0) is 8.85. The maximum Gasteiger partial charge on any atom is 0.301 e. The standard InChI is InChI=1S/C2H6N6O3/c1-4-7(8(10)11)2(3)5-6-9/h4H,1H3,(H2,3,5,9). The van der Waals surface area contributed by atoms with Crippen LogP contribution in [-0.2, 0) is 0 Å². The minimum Gasteiger partial charge on any atom is -0.362 e. The summed E-state index contributed by atoms with van der Waals surface area (Å²) in [6, 6.07) is 0. The Labute approximate surface area is 60.9 Å². The lowest BCUT2D eigenvalue weighted by atomic mass is 11.0. The molecule has 0 atom stereocenters. The molecule has 0 radical (unpaired) electrons. The number of nitrogens with one attached hydrogen (secondary N) is 1. The quantitative estimate of drug-likeness (QED) is 0.173. The number of rotatable bonds is 3. The lowest BCUT2D eigenvalue weighted by molar-refractivity contribution is -0.642. The molecule has 11 heavy (non-hydrogen) atoms. The van der Waals surface area contributed by atoms with Crippen molar-refractivity contribution in [3.8, 4) is 0 Å². The summed E-state index contributed by atoms with van der Waals surface area (Å²) in [5.74, 6) is -0.632. The average Bonchev–Trinajstić information content (AvgIpc) is 1.88. The summed E-state index contributed by atoms with van der Waals surface area (Å²) < 4.78 is 0. The molecule has 0 fully saturated rings. The van der Waals surface area contributed by atoms with E-state index in [0.717, 1.165) is 0 Å². The predicted molar refractivity (Wildman–Crippen MR) is 35.3 cm³/mol. The van der Waals surface area contributed by atoms with Crippen molar-refractivity contribution in [1.82, 2.24) is 10.5 Å². The van der Waals surface area contributed by atoms with E-state index in [9.17, 15) is 15.0 Å². The Hall–Kier alpha value is -1.77. The first-order valence-electron chi connectivity index (χ1n) is 2.41. The molecule has 0 heterocycles. The molecular formula is C2H6N6O3. The summed E-state index contributed by atoms with van der Waals surface area (Å²) in [5, 5.41) is 14.1. The molecular weight excluding hydrogens is 156 g/mol. The van der Waals surface area contributed by atoms with Gasteiger partial charge in [0, 0.05) is 12.2 Å². The molecule has 0 amide bonds. The summed E-state index contributed by atoms with van der Waals surface area (Å²) >= 11 is 0. The van der Waals surface area contributed by atoms with Crippen LogP contribution < -0.4 is 11.2 Å². The van der Waals surface area contributed by atoms with Crippen LogP contribution in [0.5, 0.6) is 0 Å². The zero-order valence-electron chi connectivity index (χ0n) is 5.59. The SMILES string of the molecule is CNN(C(N)=NN=O)[N+](=O)[O-]. The second-order valence-electron chi connectivity index (χ2n) is 1.31. The topological polar surface area (TPSA) is 126 Å². The van der Waals surface area contributed by atoms with Crippen molar-refractivity contribution in [1.29, 1.82) is 0 Å². The fourth-order valence-electron chi connectivity index (χ4n) is 0.364. The molecule has 0 aliphatic heterocycles. The number of nitrogens with two attached hydrogens (primary N) is 1. The third kappa shape index (κ3) is 2.53. The zero-order valence-corrected chi connectivity index (χ0v) is 5.59. The molecule has 0 spiro atoms. The maximum atomic E-state index is 10.0. The molecule has 0 saturated heterocycles. The van der Waals surface area contributed by atoms with E-state index < -0.39 is 11.0 Å². The molecule has 0 aliphatic rings. The Morgan fingerprint density at radius 1 is 1.82 bits per heavy atom. The van der Waals surface area contributed by atoms with E-state index in [1.54, 1.807) is 0 Å². The molecule has 0 aromatic rings. The van der Waals surface area contributed by atoms with Gasteiger partial charge in [-0.3, -0.25) is 0 Å². The van der Waals surface area contributed by atoms with Crippen LogP contribution in [0.2, 0.25) is 0 Å². The van der Waals surface area contributed by atoms with Crippen molar-refractivity contribution < 1.29 is 5.03 Å². The third-order valence-corrected chi connectivity index (χ3v) is 0.735. The van der Waals surface area contributed by atoms with E-state index in [4.69, 9.17) is 5.73 Å². The number of hydrazine groups is 2. The van der Waals surface area contributed by atoms with Crippen LogP contribution in [0.4, 0.5) is 0 Å². The van der Waals surface area contributed by atoms with Gasteiger partial charge in [-0.25, -0.2) is 10.1 Å². The number of nitro groups is 1. The molecule has 0 aromatic heterocycles. The fourth-order valence-corrected chi connectivity index (χ4v) is 0.364. The van der Waals surface area contributed by atoms with Gasteiger partial charge in [-0.1, -0.05) is 5.10 Å². The number of nitroso groups, excluding NO2 is 1. The van der Waals surface area contributed by atoms with Crippen LogP contribution in [-0.4, -0.2) is 23.2 Å². The summed E-state index contributed by atoms with van der Waals surface area (Å²) in [4.78, 5) is 19.5. The molecule has 0 unspecified atom stereocenters. The van der Waals surface area contributed by atoms with Crippen molar-refractivity contribution >= 4 is 5.96 Å². The highest BCUT2D eigenvalue weighted by molar-refractivity contribution is 5.76. The second-order valence-corrected chi connectivity index (χ2v) is 1.31. The number of hydrogen-bond donors (Lipinski definition) is 2. The van der Waals surface area contributed by atoms with Crippen LogP contribution in [0.15, 0.2) is 10.4 Å². The van der Waals surface area contributed by atoms with Crippen molar-refractivity contribution in [2.45, 2.75) is 0 Å². The minimum absolute atomic E-state index is 0.251. The van der Waals surface area contributed by atoms with Gasteiger partial charge < -0.3 is 5.73 Å². The Balaban J connectivity index is 4.37. The number of guanidine groups is 1. The normalized spacial score (nSPS) is 10.8. The van der Waals surface area contributed by atoms with Crippen LogP contribution >= 0.6 is 0 Å². The highest BCUT2D eigenvalue weighted by atomic mass is 16.7. The summed E-state index contributed by atoms with van der Waals surface area (Å²) in [7, 11) is 1.25. The van der Waals surface area contributed by atoms with Gasteiger partial charge in [0.2, 0.25) is 0 Å². The van der Waals surface area contributed by atoms with E-state index >= 15 is 0 Å². The summed E-state index contributed by atoms with van der Waals surface area (Å²) in [6.45, 7) is 0. The van der Waals surface area contributed by atoms with Crippen molar-refractivity contribution in [3.05, 3.63) is 15.0 Å². The molecule has 0 bridgehead atoms. The highest BCUT2D eigenvalue weighted by Gasteiger charge is 2.16. The lowest BCUT2D eigenvalue weighted by Crippen LogP contribution is -2.48. The van der Waals surface area contributed by atoms with Gasteiger partial charge in [-0.05, 0) is 0 Å². The second kappa shape index (κ2) is 4.11. The van der Waals surface area contributed by atoms with E-state index in [1.807, 2.05) is 5.29 Å². The minimum atomic E-state index is -0.885. The van der Waals surface area contributed by atoms with E-state index in [1.165, 1.54) is 7.05 Å². The van der Waals surface area contributed by atoms with Gasteiger partial charge in [0.15, 0.2) is 5.03 Å². The molecule has 0 saturated carbocycles. The largest absolute Gasteiger partial charge is 0.362 e. The van der Waals surface area contributed by atoms with Gasteiger partial charge in [0.25, 0.3) is 0 Å². The van der Waals surface area contributed by atoms with Crippen LogP contribution in [0.3, 0.4) is 0 Å². The first-order chi connectivity index (χ1) is 5.13. The van der Waals surface area contributed by atoms with Crippen LogP contribution in [0.25, 0.3) is 0 Å². The number of hydrogen-bond acceptors (Lipinski definition) is 5. The first kappa shape index (κ1) is 9.23. The van der Waals surface area contributed by atoms with Crippen LogP contribution in [0.1, 0.15) is 0 Å². The molecule has 62 valence electrons. The van der Waals surface area contributed by atoms with E-state index in [0.29, 0.717) is 0 Å². The van der Waals surface area contributed by atoms with Gasteiger partial charge in [-0.15, -0.1) is 4.91 Å². The van der Waals surface area contributed by atoms with Crippen molar-refractivity contribution in [2.24, 2.45) is 16.1 Å². The molecule has 3 N–H and O–H groups in total. The smallest absolute Gasteiger partial charge is 0.301 e. The van der Waals surface area contributed by atoms with Gasteiger partial charge >= 0.3 is 5.96 Å². The summed E-state index contributed by atoms with van der Waals surface area (Å²) in [5.41, 5.74) is 6.98. The Bertz CT molecular complexity index is 188. The Morgan fingerprint density at radius 3 is 2.64 bits per heavy atom. The third-order valence-electron chi connectivity index (χ3n) is 0.735. The highest BCUT2D eigenvalue weighted by Crippen LogP contribution is 1.81. The van der Waals surface area contributed by atoms with Crippen molar-refractivity contribution in [3.63, 3.8) is 0 Å². The monoisotopic (exact) mass is 162 g/mol. The fraction of sp³-hybridized carbons (Fsp3) is 0.500. The Morgan fingerprint density at radius 2 is 2.36 bits per heavy atom. The molecule has 0 rings (SSSR count). The first-order valence-corrected chi connectivity index (χ1v) is 2.41. The van der Waals surface area contributed by atoms with E-state index in [2.05, 4.69) is 10.5 Å². The summed E-state index contributed by atoms with van der Waals surface area (Å²) in [6.07, 6.45) is 0. The van der Waals surface area contributed by atoms with E-state index in [-0.39, 0.29) is 5.12 Å². The van der Waals surface area contributed by atoms with Gasteiger partial charge in [0.05, 0.1) is 5.29 Å².